The zero-order chi connectivity index (χ0) is 17.1. The van der Waals surface area contributed by atoms with Crippen LogP contribution < -0.4 is 10.3 Å². The molecule has 0 spiro atoms. The third-order valence-corrected chi connectivity index (χ3v) is 3.37. The highest BCUT2D eigenvalue weighted by Crippen LogP contribution is 2.29. The van der Waals surface area contributed by atoms with Crippen LogP contribution in [0.2, 0.25) is 0 Å². The molecule has 0 saturated carbocycles. The van der Waals surface area contributed by atoms with Crippen molar-refractivity contribution in [1.29, 1.82) is 0 Å². The number of hydrogen-bond donors (Lipinski definition) is 2. The lowest BCUT2D eigenvalue weighted by Crippen LogP contribution is -2.06. The zero-order valence-corrected chi connectivity index (χ0v) is 12.8. The largest absolute Gasteiger partial charge is 0.478 e. The number of carbonyl (C=O) groups is 2. The number of hydrogen-bond acceptors (Lipinski definition) is 5. The van der Waals surface area contributed by atoms with Crippen molar-refractivity contribution in [3.63, 3.8) is 0 Å². The quantitative estimate of drug-likeness (QED) is 0.897. The van der Waals surface area contributed by atoms with Crippen LogP contribution in [0.25, 0.3) is 6.08 Å². The summed E-state index contributed by atoms with van der Waals surface area (Å²) >= 11 is 0. The number of aromatic carboxylic acids is 1. The maximum atomic E-state index is 11.1. The van der Waals surface area contributed by atoms with Crippen molar-refractivity contribution in [2.45, 2.75) is 6.92 Å². The van der Waals surface area contributed by atoms with Crippen LogP contribution in [0.4, 0.5) is 17.1 Å². The molecular formula is C17H14N4O3. The van der Waals surface area contributed by atoms with Gasteiger partial charge in [-0.15, -0.1) is 5.11 Å². The van der Waals surface area contributed by atoms with Crippen molar-refractivity contribution in [3.05, 3.63) is 59.8 Å². The first-order valence-corrected chi connectivity index (χ1v) is 7.17. The van der Waals surface area contributed by atoms with Gasteiger partial charge in [0.25, 0.3) is 0 Å². The third kappa shape index (κ3) is 3.30. The van der Waals surface area contributed by atoms with E-state index in [4.69, 9.17) is 5.11 Å². The molecule has 0 radical (unpaired) electrons. The summed E-state index contributed by atoms with van der Waals surface area (Å²) in [5.74, 6) is -1.12. The number of carbonyl (C=O) groups excluding carboxylic acids is 1. The predicted octanol–water partition coefficient (Wildman–Crippen LogP) is 3.83. The van der Waals surface area contributed by atoms with Crippen molar-refractivity contribution in [1.82, 2.24) is 0 Å². The second kappa shape index (κ2) is 6.33. The number of amides is 1. The molecule has 24 heavy (non-hydrogen) atoms. The van der Waals surface area contributed by atoms with Crippen LogP contribution in [0, 0.1) is 0 Å². The molecule has 7 nitrogen and oxygen atoms in total. The maximum Gasteiger partial charge on any atom is 0.335 e. The molecular weight excluding hydrogens is 308 g/mol. The Balaban J connectivity index is 1.87. The number of benzene rings is 2. The average molecular weight is 322 g/mol. The van der Waals surface area contributed by atoms with Crippen LogP contribution in [-0.2, 0) is 4.79 Å². The van der Waals surface area contributed by atoms with Crippen molar-refractivity contribution in [2.75, 3.05) is 10.3 Å². The second-order valence-electron chi connectivity index (χ2n) is 5.16. The average Bonchev–Trinajstić information content (AvgIpc) is 2.76. The SMILES string of the molecule is CC(=O)Nc1ccc2c(c1)C=CN(c1ccc(C(=O)O)cc1)N=N2. The van der Waals surface area contributed by atoms with Gasteiger partial charge in [0, 0.05) is 24.4 Å². The first-order valence-electron chi connectivity index (χ1n) is 7.17. The molecule has 2 N–H and O–H groups in total. The van der Waals surface area contributed by atoms with Gasteiger partial charge >= 0.3 is 5.97 Å². The smallest absolute Gasteiger partial charge is 0.335 e. The molecule has 0 aliphatic carbocycles. The summed E-state index contributed by atoms with van der Waals surface area (Å²) in [5, 5.41) is 21.5. The molecule has 0 aromatic heterocycles. The lowest BCUT2D eigenvalue weighted by Gasteiger charge is -2.11. The standard InChI is InChI=1S/C17H14N4O3/c1-11(22)18-14-4-7-16-13(10-14)8-9-21(20-19-16)15-5-2-12(3-6-15)17(23)24/h2-10H,1H3,(H,18,22)(H,23,24). The van der Waals surface area contributed by atoms with Crippen LogP contribution in [-0.4, -0.2) is 17.0 Å². The third-order valence-electron chi connectivity index (χ3n) is 3.37. The Kier molecular flexibility index (Phi) is 4.07. The summed E-state index contributed by atoms with van der Waals surface area (Å²) in [6.07, 6.45) is 3.55. The summed E-state index contributed by atoms with van der Waals surface area (Å²) in [7, 11) is 0. The molecule has 1 aliphatic rings. The minimum Gasteiger partial charge on any atom is -0.478 e. The maximum absolute atomic E-state index is 11.1. The number of carboxylic acid groups (broad SMARTS) is 1. The molecule has 0 fully saturated rings. The van der Waals surface area contributed by atoms with Crippen LogP contribution in [0.5, 0.6) is 0 Å². The van der Waals surface area contributed by atoms with Crippen LogP contribution in [0.1, 0.15) is 22.8 Å². The Hall–Kier alpha value is -3.48. The first-order chi connectivity index (χ1) is 11.5. The fourth-order valence-corrected chi connectivity index (χ4v) is 2.23. The van der Waals surface area contributed by atoms with Gasteiger partial charge in [0.15, 0.2) is 0 Å². The van der Waals surface area contributed by atoms with Gasteiger partial charge in [-0.05, 0) is 48.5 Å². The minimum atomic E-state index is -0.979. The van der Waals surface area contributed by atoms with Crippen LogP contribution in [0.15, 0.2) is 59.0 Å². The fraction of sp³-hybridized carbons (Fsp3) is 0.0588. The molecule has 0 bridgehead atoms. The number of anilines is 2. The molecule has 0 saturated heterocycles. The van der Waals surface area contributed by atoms with Crippen molar-refractivity contribution in [2.24, 2.45) is 10.3 Å². The second-order valence-corrected chi connectivity index (χ2v) is 5.16. The Morgan fingerprint density at radius 1 is 1.12 bits per heavy atom. The highest BCUT2D eigenvalue weighted by Gasteiger charge is 2.10. The van der Waals surface area contributed by atoms with Gasteiger partial charge < -0.3 is 10.4 Å². The van der Waals surface area contributed by atoms with E-state index in [0.717, 1.165) is 5.56 Å². The summed E-state index contributed by atoms with van der Waals surface area (Å²) in [5.41, 5.74) is 3.06. The molecule has 0 unspecified atom stereocenters. The summed E-state index contributed by atoms with van der Waals surface area (Å²) in [6, 6.07) is 11.7. The van der Waals surface area contributed by atoms with E-state index in [2.05, 4.69) is 15.7 Å². The normalized spacial score (nSPS) is 12.5. The van der Waals surface area contributed by atoms with E-state index >= 15 is 0 Å². The van der Waals surface area contributed by atoms with Gasteiger partial charge in [0.2, 0.25) is 5.91 Å². The van der Waals surface area contributed by atoms with Gasteiger partial charge in [0.1, 0.15) is 0 Å². The number of nitrogens with zero attached hydrogens (tertiary/aromatic N) is 3. The van der Waals surface area contributed by atoms with Crippen LogP contribution in [0.3, 0.4) is 0 Å². The van der Waals surface area contributed by atoms with Gasteiger partial charge in [-0.1, -0.05) is 5.22 Å². The molecule has 0 atom stereocenters. The number of rotatable bonds is 3. The summed E-state index contributed by atoms with van der Waals surface area (Å²) < 4.78 is 0. The molecule has 3 rings (SSSR count). The molecule has 1 amide bonds. The molecule has 120 valence electrons. The van der Waals surface area contributed by atoms with Crippen molar-refractivity contribution < 1.29 is 14.7 Å². The lowest BCUT2D eigenvalue weighted by molar-refractivity contribution is -0.114. The Morgan fingerprint density at radius 2 is 1.88 bits per heavy atom. The van der Waals surface area contributed by atoms with Crippen molar-refractivity contribution in [3.8, 4) is 0 Å². The molecule has 2 aromatic carbocycles. The van der Waals surface area contributed by atoms with E-state index in [9.17, 15) is 9.59 Å². The van der Waals surface area contributed by atoms with E-state index in [-0.39, 0.29) is 11.5 Å². The lowest BCUT2D eigenvalue weighted by atomic mass is 10.1. The van der Waals surface area contributed by atoms with E-state index < -0.39 is 5.97 Å². The van der Waals surface area contributed by atoms with E-state index in [1.54, 1.807) is 35.5 Å². The number of nitrogens with one attached hydrogen (secondary N) is 1. The molecule has 7 heteroatoms. The number of fused-ring (bicyclic) bond motifs is 1. The zero-order valence-electron chi connectivity index (χ0n) is 12.8. The van der Waals surface area contributed by atoms with E-state index in [1.165, 1.54) is 19.1 Å². The van der Waals surface area contributed by atoms with Crippen LogP contribution >= 0.6 is 0 Å². The highest BCUT2D eigenvalue weighted by atomic mass is 16.4. The van der Waals surface area contributed by atoms with E-state index in [0.29, 0.717) is 17.1 Å². The van der Waals surface area contributed by atoms with Gasteiger partial charge in [-0.3, -0.25) is 4.79 Å². The minimum absolute atomic E-state index is 0.144. The Morgan fingerprint density at radius 3 is 2.54 bits per heavy atom. The highest BCUT2D eigenvalue weighted by molar-refractivity contribution is 5.90. The predicted molar refractivity (Wildman–Crippen MR) is 90.2 cm³/mol. The topological polar surface area (TPSA) is 94.4 Å². The van der Waals surface area contributed by atoms with Crippen molar-refractivity contribution >= 4 is 35.0 Å². The Labute approximate surface area is 137 Å². The molecule has 1 aliphatic heterocycles. The fourth-order valence-electron chi connectivity index (χ4n) is 2.23. The van der Waals surface area contributed by atoms with Gasteiger partial charge in [0.05, 0.1) is 16.9 Å². The summed E-state index contributed by atoms with van der Waals surface area (Å²) in [4.78, 5) is 22.0. The monoisotopic (exact) mass is 322 g/mol. The van der Waals surface area contributed by atoms with Gasteiger partial charge in [-0.2, -0.15) is 0 Å². The Bertz CT molecular complexity index is 857. The first kappa shape index (κ1) is 15.4. The molecule has 2 aromatic rings. The molecule has 1 heterocycles. The van der Waals surface area contributed by atoms with E-state index in [1.807, 2.05) is 12.1 Å². The van der Waals surface area contributed by atoms with Gasteiger partial charge in [-0.25, -0.2) is 9.80 Å². The number of carboxylic acids is 1. The summed E-state index contributed by atoms with van der Waals surface area (Å²) in [6.45, 7) is 1.45.